The SMILES string of the molecule is Cc1ccc(C(=O)NCC(=O)N/N=C\c2ccc(-c3ccccc3C(=O)O)o2)cc1. The molecule has 0 spiro atoms. The minimum Gasteiger partial charge on any atom is -0.478 e. The number of nitrogens with zero attached hydrogens (tertiary/aromatic N) is 1. The Balaban J connectivity index is 1.53. The molecular formula is C22H19N3O5. The van der Waals surface area contributed by atoms with E-state index in [-0.39, 0.29) is 18.0 Å². The maximum absolute atomic E-state index is 12.0. The lowest BCUT2D eigenvalue weighted by atomic mass is 10.1. The first kappa shape index (κ1) is 20.5. The number of carboxylic acids is 1. The zero-order chi connectivity index (χ0) is 21.5. The smallest absolute Gasteiger partial charge is 0.336 e. The van der Waals surface area contributed by atoms with E-state index in [4.69, 9.17) is 4.42 Å². The van der Waals surface area contributed by atoms with Gasteiger partial charge in [0.1, 0.15) is 11.5 Å². The Hall–Kier alpha value is -4.20. The number of aromatic carboxylic acids is 1. The molecule has 0 atom stereocenters. The maximum Gasteiger partial charge on any atom is 0.336 e. The van der Waals surface area contributed by atoms with Gasteiger partial charge in [0.05, 0.1) is 18.3 Å². The largest absolute Gasteiger partial charge is 0.478 e. The van der Waals surface area contributed by atoms with Crippen molar-refractivity contribution in [1.82, 2.24) is 10.7 Å². The number of carbonyl (C=O) groups is 3. The van der Waals surface area contributed by atoms with E-state index in [0.717, 1.165) is 5.56 Å². The molecule has 0 aliphatic heterocycles. The van der Waals surface area contributed by atoms with Gasteiger partial charge >= 0.3 is 5.97 Å². The zero-order valence-electron chi connectivity index (χ0n) is 16.1. The van der Waals surface area contributed by atoms with Gasteiger partial charge in [0.2, 0.25) is 0 Å². The minimum atomic E-state index is -1.06. The summed E-state index contributed by atoms with van der Waals surface area (Å²) in [5, 5.41) is 15.6. The average molecular weight is 405 g/mol. The molecule has 2 aromatic carbocycles. The van der Waals surface area contributed by atoms with Crippen molar-refractivity contribution in [2.24, 2.45) is 5.10 Å². The Morgan fingerprint density at radius 3 is 2.50 bits per heavy atom. The molecule has 0 unspecified atom stereocenters. The fraction of sp³-hybridized carbons (Fsp3) is 0.0909. The molecule has 1 heterocycles. The van der Waals surface area contributed by atoms with Gasteiger partial charge in [0.15, 0.2) is 0 Å². The van der Waals surface area contributed by atoms with Crippen molar-refractivity contribution in [1.29, 1.82) is 0 Å². The number of hydrazone groups is 1. The van der Waals surface area contributed by atoms with E-state index in [1.165, 1.54) is 12.3 Å². The Morgan fingerprint density at radius 1 is 1.03 bits per heavy atom. The van der Waals surface area contributed by atoms with Crippen molar-refractivity contribution in [3.05, 3.63) is 83.1 Å². The molecule has 0 aliphatic carbocycles. The average Bonchev–Trinajstić information content (AvgIpc) is 3.21. The van der Waals surface area contributed by atoms with Crippen molar-refractivity contribution in [2.45, 2.75) is 6.92 Å². The normalized spacial score (nSPS) is 10.7. The maximum atomic E-state index is 12.0. The second-order valence-electron chi connectivity index (χ2n) is 6.39. The van der Waals surface area contributed by atoms with Crippen LogP contribution in [-0.4, -0.2) is 35.6 Å². The van der Waals surface area contributed by atoms with E-state index < -0.39 is 11.9 Å². The van der Waals surface area contributed by atoms with Crippen LogP contribution in [0.15, 0.2) is 70.2 Å². The van der Waals surface area contributed by atoms with Gasteiger partial charge in [-0.25, -0.2) is 10.2 Å². The Bertz CT molecular complexity index is 1100. The third kappa shape index (κ3) is 5.20. The predicted molar refractivity (Wildman–Crippen MR) is 110 cm³/mol. The monoisotopic (exact) mass is 405 g/mol. The van der Waals surface area contributed by atoms with Crippen molar-refractivity contribution in [3.63, 3.8) is 0 Å². The second kappa shape index (κ2) is 9.33. The lowest BCUT2D eigenvalue weighted by molar-refractivity contribution is -0.120. The third-order valence-electron chi connectivity index (χ3n) is 4.15. The van der Waals surface area contributed by atoms with Gasteiger partial charge in [-0.2, -0.15) is 5.10 Å². The Labute approximate surface area is 172 Å². The number of carboxylic acid groups (broad SMARTS) is 1. The van der Waals surface area contributed by atoms with E-state index in [2.05, 4.69) is 15.8 Å². The Morgan fingerprint density at radius 2 is 1.77 bits per heavy atom. The van der Waals surface area contributed by atoms with Crippen LogP contribution in [-0.2, 0) is 4.79 Å². The first-order chi connectivity index (χ1) is 14.4. The van der Waals surface area contributed by atoms with E-state index in [0.29, 0.717) is 22.6 Å². The van der Waals surface area contributed by atoms with Crippen LogP contribution in [0, 0.1) is 6.92 Å². The summed E-state index contributed by atoms with van der Waals surface area (Å²) >= 11 is 0. The van der Waals surface area contributed by atoms with Gasteiger partial charge in [0.25, 0.3) is 11.8 Å². The molecule has 8 heteroatoms. The third-order valence-corrected chi connectivity index (χ3v) is 4.15. The number of hydrogen-bond donors (Lipinski definition) is 3. The quantitative estimate of drug-likeness (QED) is 0.412. The summed E-state index contributed by atoms with van der Waals surface area (Å²) in [6, 6.07) is 16.7. The van der Waals surface area contributed by atoms with Crippen molar-refractivity contribution in [3.8, 4) is 11.3 Å². The molecule has 0 fully saturated rings. The van der Waals surface area contributed by atoms with Crippen LogP contribution >= 0.6 is 0 Å². The van der Waals surface area contributed by atoms with Crippen LogP contribution in [0.2, 0.25) is 0 Å². The van der Waals surface area contributed by atoms with Gasteiger partial charge in [-0.1, -0.05) is 35.9 Å². The van der Waals surface area contributed by atoms with E-state index in [9.17, 15) is 19.5 Å². The van der Waals surface area contributed by atoms with Gasteiger partial charge in [-0.3, -0.25) is 9.59 Å². The number of rotatable bonds is 7. The standard InChI is InChI=1S/C22H19N3O5/c1-14-6-8-15(9-7-14)21(27)23-13-20(26)25-24-12-16-10-11-19(30-16)17-4-2-3-5-18(17)22(28)29/h2-12H,13H2,1H3,(H,23,27)(H,25,26)(H,28,29)/b24-12-. The number of hydrogen-bond acceptors (Lipinski definition) is 5. The highest BCUT2D eigenvalue weighted by atomic mass is 16.4. The topological polar surface area (TPSA) is 121 Å². The van der Waals surface area contributed by atoms with Gasteiger partial charge in [-0.15, -0.1) is 0 Å². The molecule has 0 saturated heterocycles. The molecule has 1 aromatic heterocycles. The number of furan rings is 1. The number of carbonyl (C=O) groups excluding carboxylic acids is 2. The molecule has 0 saturated carbocycles. The molecule has 30 heavy (non-hydrogen) atoms. The highest BCUT2D eigenvalue weighted by Crippen LogP contribution is 2.25. The molecule has 2 amide bonds. The second-order valence-corrected chi connectivity index (χ2v) is 6.39. The summed E-state index contributed by atoms with van der Waals surface area (Å²) in [4.78, 5) is 35.1. The summed E-state index contributed by atoms with van der Waals surface area (Å²) in [6.45, 7) is 1.68. The number of benzene rings is 2. The van der Waals surface area contributed by atoms with Crippen LogP contribution in [0.3, 0.4) is 0 Å². The molecule has 152 valence electrons. The van der Waals surface area contributed by atoms with Crippen LogP contribution in [0.4, 0.5) is 0 Å². The van der Waals surface area contributed by atoms with Crippen molar-refractivity contribution >= 4 is 24.0 Å². The summed E-state index contributed by atoms with van der Waals surface area (Å²) < 4.78 is 5.57. The highest BCUT2D eigenvalue weighted by Gasteiger charge is 2.13. The Kier molecular flexibility index (Phi) is 6.39. The molecule has 8 nitrogen and oxygen atoms in total. The van der Waals surface area contributed by atoms with Crippen LogP contribution in [0.25, 0.3) is 11.3 Å². The van der Waals surface area contributed by atoms with Gasteiger partial charge in [-0.05, 0) is 37.3 Å². The predicted octanol–water partition coefficient (Wildman–Crippen LogP) is 2.83. The number of aryl methyl sites for hydroxylation is 1. The van der Waals surface area contributed by atoms with Crippen molar-refractivity contribution < 1.29 is 23.9 Å². The summed E-state index contributed by atoms with van der Waals surface area (Å²) in [7, 11) is 0. The zero-order valence-corrected chi connectivity index (χ0v) is 16.1. The first-order valence-electron chi connectivity index (χ1n) is 9.03. The van der Waals surface area contributed by atoms with E-state index in [1.54, 1.807) is 42.5 Å². The van der Waals surface area contributed by atoms with Crippen LogP contribution < -0.4 is 10.7 Å². The highest BCUT2D eigenvalue weighted by molar-refractivity contribution is 5.97. The van der Waals surface area contributed by atoms with Crippen molar-refractivity contribution in [2.75, 3.05) is 6.54 Å². The fourth-order valence-electron chi connectivity index (χ4n) is 2.63. The summed E-state index contributed by atoms with van der Waals surface area (Å²) in [5.41, 5.74) is 4.34. The number of nitrogens with one attached hydrogen (secondary N) is 2. The molecule has 0 aliphatic rings. The van der Waals surface area contributed by atoms with Gasteiger partial charge < -0.3 is 14.8 Å². The van der Waals surface area contributed by atoms with E-state index in [1.807, 2.05) is 19.1 Å². The lowest BCUT2D eigenvalue weighted by Crippen LogP contribution is -2.34. The summed E-state index contributed by atoms with van der Waals surface area (Å²) in [6.07, 6.45) is 1.28. The molecule has 0 bridgehead atoms. The van der Waals surface area contributed by atoms with Crippen LogP contribution in [0.1, 0.15) is 32.0 Å². The van der Waals surface area contributed by atoms with E-state index >= 15 is 0 Å². The molecule has 0 radical (unpaired) electrons. The molecule has 3 aromatic rings. The minimum absolute atomic E-state index is 0.118. The fourth-order valence-corrected chi connectivity index (χ4v) is 2.63. The van der Waals surface area contributed by atoms with Gasteiger partial charge in [0, 0.05) is 11.1 Å². The van der Waals surface area contributed by atoms with Crippen LogP contribution in [0.5, 0.6) is 0 Å². The molecular weight excluding hydrogens is 386 g/mol. The first-order valence-corrected chi connectivity index (χ1v) is 9.03. The molecule has 3 rings (SSSR count). The molecule has 3 N–H and O–H groups in total. The summed E-state index contributed by atoms with van der Waals surface area (Å²) in [5.74, 6) is -1.23. The number of amides is 2. The lowest BCUT2D eigenvalue weighted by Gasteiger charge is -2.04.